The summed E-state index contributed by atoms with van der Waals surface area (Å²) in [6.45, 7) is 7.11. The maximum absolute atomic E-state index is 13.5. The molecule has 0 atom stereocenters. The molecule has 6 nitrogen and oxygen atoms in total. The fourth-order valence-electron chi connectivity index (χ4n) is 4.45. The first kappa shape index (κ1) is 27.2. The Morgan fingerprint density at radius 1 is 0.892 bits per heavy atom. The molecule has 1 saturated heterocycles. The zero-order valence-corrected chi connectivity index (χ0v) is 23.0. The smallest absolute Gasteiger partial charge is 0.264 e. The van der Waals surface area contributed by atoms with Crippen LogP contribution in [0, 0.1) is 13.8 Å². The van der Waals surface area contributed by atoms with Crippen LogP contribution in [-0.4, -0.2) is 38.9 Å². The van der Waals surface area contributed by atoms with Crippen molar-refractivity contribution in [1.29, 1.82) is 0 Å². The number of halogens is 1. The van der Waals surface area contributed by atoms with E-state index in [1.54, 1.807) is 12.1 Å². The van der Waals surface area contributed by atoms with Gasteiger partial charge in [-0.3, -0.25) is 14.0 Å². The normalized spacial score (nSPS) is 14.4. The summed E-state index contributed by atoms with van der Waals surface area (Å²) < 4.78 is 28.3. The van der Waals surface area contributed by atoms with Crippen LogP contribution in [0.5, 0.6) is 0 Å². The van der Waals surface area contributed by atoms with E-state index in [9.17, 15) is 13.2 Å². The summed E-state index contributed by atoms with van der Waals surface area (Å²) in [4.78, 5) is 15.5. The number of hydrogen-bond donors (Lipinski definition) is 1. The van der Waals surface area contributed by atoms with Gasteiger partial charge < -0.3 is 5.32 Å². The number of rotatable bonds is 9. The molecule has 0 bridgehead atoms. The Hall–Kier alpha value is -2.87. The SMILES string of the molecule is Cc1ccc(N(CC(=O)NCc2ccc(CN3CCCCC3)cc2)S(=O)(=O)c2ccc(Cl)cc2)cc1C. The zero-order chi connectivity index (χ0) is 26.4. The highest BCUT2D eigenvalue weighted by Gasteiger charge is 2.27. The molecule has 1 N–H and O–H groups in total. The monoisotopic (exact) mass is 539 g/mol. The number of nitrogens with one attached hydrogen (secondary N) is 1. The molecule has 0 unspecified atom stereocenters. The van der Waals surface area contributed by atoms with Crippen molar-refractivity contribution >= 4 is 33.2 Å². The predicted molar refractivity (Wildman–Crippen MR) is 149 cm³/mol. The Morgan fingerprint density at radius 2 is 1.54 bits per heavy atom. The van der Waals surface area contributed by atoms with Crippen LogP contribution >= 0.6 is 11.6 Å². The molecule has 8 heteroatoms. The molecular weight excluding hydrogens is 506 g/mol. The Bertz CT molecular complexity index is 1320. The third-order valence-corrected chi connectivity index (χ3v) is 8.87. The van der Waals surface area contributed by atoms with E-state index in [4.69, 9.17) is 11.6 Å². The lowest BCUT2D eigenvalue weighted by atomic mass is 10.1. The van der Waals surface area contributed by atoms with Crippen molar-refractivity contribution in [3.05, 3.63) is 94.0 Å². The third-order valence-electron chi connectivity index (χ3n) is 6.83. The van der Waals surface area contributed by atoms with Gasteiger partial charge in [-0.1, -0.05) is 48.4 Å². The summed E-state index contributed by atoms with van der Waals surface area (Å²) in [5.74, 6) is -0.381. The maximum atomic E-state index is 13.5. The number of amides is 1. The van der Waals surface area contributed by atoms with Crippen molar-refractivity contribution in [3.63, 3.8) is 0 Å². The highest BCUT2D eigenvalue weighted by atomic mass is 35.5. The van der Waals surface area contributed by atoms with Crippen LogP contribution in [0.1, 0.15) is 41.5 Å². The lowest BCUT2D eigenvalue weighted by Gasteiger charge is -2.26. The minimum absolute atomic E-state index is 0.0761. The largest absolute Gasteiger partial charge is 0.350 e. The van der Waals surface area contributed by atoms with E-state index in [-0.39, 0.29) is 17.3 Å². The molecule has 1 fully saturated rings. The first-order valence-corrected chi connectivity index (χ1v) is 14.5. The van der Waals surface area contributed by atoms with Crippen molar-refractivity contribution < 1.29 is 13.2 Å². The number of sulfonamides is 1. The van der Waals surface area contributed by atoms with Gasteiger partial charge in [-0.15, -0.1) is 0 Å². The molecule has 196 valence electrons. The molecule has 1 aliphatic heterocycles. The third kappa shape index (κ3) is 7.12. The number of carbonyl (C=O) groups is 1. The van der Waals surface area contributed by atoms with Crippen molar-refractivity contribution in [1.82, 2.24) is 10.2 Å². The summed E-state index contributed by atoms with van der Waals surface area (Å²) in [5, 5.41) is 3.32. The quantitative estimate of drug-likeness (QED) is 0.392. The molecule has 0 spiro atoms. The Labute approximate surface area is 225 Å². The van der Waals surface area contributed by atoms with Crippen molar-refractivity contribution in [2.75, 3.05) is 23.9 Å². The Balaban J connectivity index is 1.45. The average molecular weight is 540 g/mol. The predicted octanol–water partition coefficient (Wildman–Crippen LogP) is 5.45. The second-order valence-corrected chi connectivity index (χ2v) is 12.0. The van der Waals surface area contributed by atoms with E-state index in [0.29, 0.717) is 17.3 Å². The van der Waals surface area contributed by atoms with Gasteiger partial charge in [0.15, 0.2) is 0 Å². The van der Waals surface area contributed by atoms with E-state index in [0.717, 1.165) is 40.6 Å². The van der Waals surface area contributed by atoms with E-state index in [2.05, 4.69) is 22.3 Å². The Morgan fingerprint density at radius 3 is 2.19 bits per heavy atom. The molecule has 1 amide bonds. The number of piperidine rings is 1. The second-order valence-electron chi connectivity index (χ2n) is 9.66. The molecule has 0 aliphatic carbocycles. The number of hydrogen-bond acceptors (Lipinski definition) is 4. The molecule has 3 aromatic rings. The van der Waals surface area contributed by atoms with Crippen LogP contribution < -0.4 is 9.62 Å². The second kappa shape index (κ2) is 12.1. The minimum Gasteiger partial charge on any atom is -0.350 e. The van der Waals surface area contributed by atoms with Gasteiger partial charge in [0.1, 0.15) is 6.54 Å². The van der Waals surface area contributed by atoms with Crippen molar-refractivity contribution in [3.8, 4) is 0 Å². The highest BCUT2D eigenvalue weighted by molar-refractivity contribution is 7.92. The number of carbonyl (C=O) groups excluding carboxylic acids is 1. The maximum Gasteiger partial charge on any atom is 0.264 e. The fraction of sp³-hybridized carbons (Fsp3) is 0.345. The van der Waals surface area contributed by atoms with Crippen LogP contribution in [0.4, 0.5) is 5.69 Å². The van der Waals surface area contributed by atoms with E-state index in [1.165, 1.54) is 49.1 Å². The van der Waals surface area contributed by atoms with E-state index < -0.39 is 10.0 Å². The van der Waals surface area contributed by atoms with Gasteiger partial charge >= 0.3 is 0 Å². The van der Waals surface area contributed by atoms with Gasteiger partial charge in [-0.05, 0) is 98.4 Å². The van der Waals surface area contributed by atoms with Crippen LogP contribution in [0.15, 0.2) is 71.6 Å². The van der Waals surface area contributed by atoms with Crippen LogP contribution in [0.3, 0.4) is 0 Å². The summed E-state index contributed by atoms with van der Waals surface area (Å²) in [6.07, 6.45) is 3.84. The summed E-state index contributed by atoms with van der Waals surface area (Å²) in [7, 11) is -3.99. The summed E-state index contributed by atoms with van der Waals surface area (Å²) in [5.41, 5.74) is 4.65. The van der Waals surface area contributed by atoms with E-state index in [1.807, 2.05) is 32.0 Å². The van der Waals surface area contributed by atoms with Gasteiger partial charge in [0.25, 0.3) is 10.0 Å². The first-order valence-electron chi connectivity index (χ1n) is 12.6. The van der Waals surface area contributed by atoms with Gasteiger partial charge in [-0.25, -0.2) is 8.42 Å². The fourth-order valence-corrected chi connectivity index (χ4v) is 5.99. The molecule has 0 aromatic heterocycles. The lowest BCUT2D eigenvalue weighted by molar-refractivity contribution is -0.119. The van der Waals surface area contributed by atoms with Gasteiger partial charge in [0.05, 0.1) is 10.6 Å². The van der Waals surface area contributed by atoms with E-state index >= 15 is 0 Å². The average Bonchev–Trinajstić information content (AvgIpc) is 2.89. The van der Waals surface area contributed by atoms with Crippen LogP contribution in [-0.2, 0) is 27.9 Å². The molecule has 1 heterocycles. The first-order chi connectivity index (χ1) is 17.7. The molecule has 0 radical (unpaired) electrons. The summed E-state index contributed by atoms with van der Waals surface area (Å²) in [6, 6.07) is 19.6. The van der Waals surface area contributed by atoms with Gasteiger partial charge in [0, 0.05) is 18.1 Å². The molecule has 1 aliphatic rings. The minimum atomic E-state index is -3.99. The van der Waals surface area contributed by atoms with Crippen molar-refractivity contribution in [2.45, 2.75) is 51.1 Å². The van der Waals surface area contributed by atoms with Crippen LogP contribution in [0.2, 0.25) is 5.02 Å². The molecule has 3 aromatic carbocycles. The van der Waals surface area contributed by atoms with Crippen LogP contribution in [0.25, 0.3) is 0 Å². The Kier molecular flexibility index (Phi) is 8.90. The highest BCUT2D eigenvalue weighted by Crippen LogP contribution is 2.26. The summed E-state index contributed by atoms with van der Waals surface area (Å²) >= 11 is 5.96. The topological polar surface area (TPSA) is 69.7 Å². The molecular formula is C29H34ClN3O3S. The van der Waals surface area contributed by atoms with Crippen molar-refractivity contribution in [2.24, 2.45) is 0 Å². The number of benzene rings is 3. The number of likely N-dealkylation sites (tertiary alicyclic amines) is 1. The number of anilines is 1. The van der Waals surface area contributed by atoms with Gasteiger partial charge in [0.2, 0.25) is 5.91 Å². The molecule has 4 rings (SSSR count). The van der Waals surface area contributed by atoms with Gasteiger partial charge in [-0.2, -0.15) is 0 Å². The molecule has 0 saturated carbocycles. The number of aryl methyl sites for hydroxylation is 2. The zero-order valence-electron chi connectivity index (χ0n) is 21.4. The molecule has 37 heavy (non-hydrogen) atoms. The lowest BCUT2D eigenvalue weighted by Crippen LogP contribution is -2.40. The standard InChI is InChI=1S/C29H34ClN3O3S/c1-22-6-13-27(18-23(22)2)33(37(35,36)28-14-11-26(30)12-15-28)21-29(34)31-19-24-7-9-25(10-8-24)20-32-16-4-3-5-17-32/h6-15,18H,3-5,16-17,19-21H2,1-2H3,(H,31,34). The number of nitrogens with zero attached hydrogens (tertiary/aromatic N) is 2.